The zero-order valence-electron chi connectivity index (χ0n) is 41.1. The molecule has 0 radical (unpaired) electrons. The second-order valence-electron chi connectivity index (χ2n) is 19.3. The standard InChI is InChI=1S/C47H83N3O14/c1-16-36-46(11,54)40(51)30(7)50-24-26(3)22-44(9,53)41(64-43-39(33(48-12)20-27(4)59-43)61-32-18-19-34(56-13)35(21-32)57-14)28(5)38(29(6)42(52)62-36)63-37-23-45(10,58-15)47(55,25-49-17-2)31(8)60-37/h18-19,21,26-31,33,36-41,43,48-51,53-55H,16-17,20,22-25H2,1-15H3/t26-,27-,28+,29-,30-,31+,33+,36-,37+,38+,39-,40-,41-,43+,44-,45-,46-,47+/m1/s1. The molecule has 0 aliphatic carbocycles. The van der Waals surface area contributed by atoms with E-state index in [4.69, 9.17) is 42.6 Å². The monoisotopic (exact) mass is 914 g/mol. The molecule has 18 atom stereocenters. The van der Waals surface area contributed by atoms with Crippen molar-refractivity contribution in [1.82, 2.24) is 16.0 Å². The van der Waals surface area contributed by atoms with Crippen LogP contribution in [0.1, 0.15) is 102 Å². The van der Waals surface area contributed by atoms with Gasteiger partial charge in [0, 0.05) is 38.1 Å². The van der Waals surface area contributed by atoms with E-state index < -0.39 is 95.5 Å². The van der Waals surface area contributed by atoms with Crippen LogP contribution in [0, 0.1) is 17.8 Å². The van der Waals surface area contributed by atoms with Crippen LogP contribution in [0.2, 0.25) is 0 Å². The molecule has 3 saturated heterocycles. The molecule has 0 saturated carbocycles. The third-order valence-corrected chi connectivity index (χ3v) is 14.2. The fourth-order valence-electron chi connectivity index (χ4n) is 10.0. The van der Waals surface area contributed by atoms with Crippen molar-refractivity contribution in [2.24, 2.45) is 17.8 Å². The Balaban J connectivity index is 1.86. The Morgan fingerprint density at radius 3 is 2.17 bits per heavy atom. The number of nitrogens with one attached hydrogen (secondary N) is 3. The van der Waals surface area contributed by atoms with Crippen molar-refractivity contribution >= 4 is 5.97 Å². The van der Waals surface area contributed by atoms with Gasteiger partial charge in [-0.05, 0) is 106 Å². The number of cyclic esters (lactones) is 1. The number of benzene rings is 1. The zero-order chi connectivity index (χ0) is 47.9. The van der Waals surface area contributed by atoms with Gasteiger partial charge in [0.1, 0.15) is 34.8 Å². The average Bonchev–Trinajstić information content (AvgIpc) is 3.25. The first-order valence-corrected chi connectivity index (χ1v) is 23.2. The minimum Gasteiger partial charge on any atom is -0.493 e. The molecule has 17 heteroatoms. The number of rotatable bonds is 14. The number of carbonyl (C=O) groups excluding carboxylic acids is 1. The molecule has 1 aromatic carbocycles. The smallest absolute Gasteiger partial charge is 0.311 e. The largest absolute Gasteiger partial charge is 0.493 e. The van der Waals surface area contributed by atoms with Crippen molar-refractivity contribution in [3.63, 3.8) is 0 Å². The van der Waals surface area contributed by atoms with Gasteiger partial charge in [-0.15, -0.1) is 0 Å². The predicted octanol–water partition coefficient (Wildman–Crippen LogP) is 3.30. The van der Waals surface area contributed by atoms with E-state index in [0.29, 0.717) is 36.8 Å². The maximum Gasteiger partial charge on any atom is 0.311 e. The van der Waals surface area contributed by atoms with Gasteiger partial charge in [0.15, 0.2) is 30.2 Å². The van der Waals surface area contributed by atoms with E-state index in [1.54, 1.807) is 67.0 Å². The van der Waals surface area contributed by atoms with Crippen LogP contribution in [-0.4, -0.2) is 164 Å². The summed E-state index contributed by atoms with van der Waals surface area (Å²) in [6, 6.07) is 4.38. The van der Waals surface area contributed by atoms with Gasteiger partial charge in [-0.2, -0.15) is 0 Å². The van der Waals surface area contributed by atoms with Crippen molar-refractivity contribution in [2.45, 2.75) is 192 Å². The van der Waals surface area contributed by atoms with E-state index in [1.807, 2.05) is 41.7 Å². The Morgan fingerprint density at radius 1 is 0.906 bits per heavy atom. The molecule has 64 heavy (non-hydrogen) atoms. The first kappa shape index (κ1) is 54.2. The normalized spacial score (nSPS) is 43.1. The number of aliphatic hydroxyl groups is 4. The number of carbonyl (C=O) groups is 1. The molecule has 0 amide bonds. The summed E-state index contributed by atoms with van der Waals surface area (Å²) in [5.74, 6) is -1.25. The molecule has 7 N–H and O–H groups in total. The second-order valence-corrected chi connectivity index (χ2v) is 19.3. The lowest BCUT2D eigenvalue weighted by Gasteiger charge is -2.53. The highest BCUT2D eigenvalue weighted by molar-refractivity contribution is 5.73. The quantitative estimate of drug-likeness (QED) is 0.133. The van der Waals surface area contributed by atoms with Gasteiger partial charge in [0.05, 0.1) is 56.2 Å². The Morgan fingerprint density at radius 2 is 1.58 bits per heavy atom. The fourth-order valence-corrected chi connectivity index (χ4v) is 10.0. The number of methoxy groups -OCH3 is 3. The molecular weight excluding hydrogens is 831 g/mol. The average molecular weight is 914 g/mol. The lowest BCUT2D eigenvalue weighted by molar-refractivity contribution is -0.335. The highest BCUT2D eigenvalue weighted by atomic mass is 16.7. The van der Waals surface area contributed by atoms with Crippen LogP contribution in [-0.2, 0) is 33.2 Å². The Kier molecular flexibility index (Phi) is 19.1. The summed E-state index contributed by atoms with van der Waals surface area (Å²) in [6.45, 7) is 20.8. The van der Waals surface area contributed by atoms with Gasteiger partial charge in [-0.3, -0.25) is 4.79 Å². The van der Waals surface area contributed by atoms with Crippen LogP contribution in [0.5, 0.6) is 17.2 Å². The summed E-state index contributed by atoms with van der Waals surface area (Å²) in [4.78, 5) is 14.6. The number of ether oxygens (including phenoxy) is 9. The van der Waals surface area contributed by atoms with E-state index in [2.05, 4.69) is 16.0 Å². The minimum absolute atomic E-state index is 0.0794. The summed E-state index contributed by atoms with van der Waals surface area (Å²) < 4.78 is 57.1. The summed E-state index contributed by atoms with van der Waals surface area (Å²) >= 11 is 0. The molecule has 3 aliphatic rings. The van der Waals surface area contributed by atoms with E-state index in [9.17, 15) is 25.2 Å². The van der Waals surface area contributed by atoms with Gasteiger partial charge in [0.2, 0.25) is 0 Å². The number of hydrogen-bond acceptors (Lipinski definition) is 17. The van der Waals surface area contributed by atoms with Crippen LogP contribution in [0.25, 0.3) is 0 Å². The number of likely N-dealkylation sites (N-methyl/N-ethyl adjacent to an activating group) is 2. The van der Waals surface area contributed by atoms with Gasteiger partial charge in [0.25, 0.3) is 0 Å². The van der Waals surface area contributed by atoms with Crippen LogP contribution >= 0.6 is 0 Å². The minimum atomic E-state index is -1.83. The molecule has 1 aromatic rings. The van der Waals surface area contributed by atoms with E-state index >= 15 is 0 Å². The summed E-state index contributed by atoms with van der Waals surface area (Å²) in [6.07, 6.45) is -7.36. The summed E-state index contributed by atoms with van der Waals surface area (Å²) in [7, 11) is 6.48. The molecule has 370 valence electrons. The predicted molar refractivity (Wildman–Crippen MR) is 240 cm³/mol. The highest BCUT2D eigenvalue weighted by Crippen LogP contribution is 2.43. The number of hydrogen-bond donors (Lipinski definition) is 7. The summed E-state index contributed by atoms with van der Waals surface area (Å²) in [5.41, 5.74) is -6.04. The molecular formula is C47H83N3O14. The third kappa shape index (κ3) is 12.0. The maximum absolute atomic E-state index is 14.6. The lowest BCUT2D eigenvalue weighted by atomic mass is 9.75. The zero-order valence-corrected chi connectivity index (χ0v) is 41.1. The third-order valence-electron chi connectivity index (χ3n) is 14.2. The van der Waals surface area contributed by atoms with Crippen LogP contribution < -0.4 is 30.2 Å². The number of aliphatic hydroxyl groups excluding tert-OH is 1. The van der Waals surface area contributed by atoms with E-state index in [1.165, 1.54) is 14.0 Å². The fraction of sp³-hybridized carbons (Fsp3) is 0.851. The van der Waals surface area contributed by atoms with Crippen LogP contribution in [0.3, 0.4) is 0 Å². The van der Waals surface area contributed by atoms with Crippen molar-refractivity contribution < 1.29 is 67.9 Å². The maximum atomic E-state index is 14.6. The van der Waals surface area contributed by atoms with E-state index in [0.717, 1.165) is 0 Å². The van der Waals surface area contributed by atoms with Crippen molar-refractivity contribution in [3.8, 4) is 17.2 Å². The van der Waals surface area contributed by atoms with Crippen molar-refractivity contribution in [3.05, 3.63) is 18.2 Å². The molecule has 3 fully saturated rings. The van der Waals surface area contributed by atoms with Crippen molar-refractivity contribution in [2.75, 3.05) is 48.0 Å². The Hall–Kier alpha value is -2.39. The van der Waals surface area contributed by atoms with Crippen molar-refractivity contribution in [1.29, 1.82) is 0 Å². The molecule has 17 nitrogen and oxygen atoms in total. The molecule has 0 unspecified atom stereocenters. The molecule has 0 spiro atoms. The Bertz CT molecular complexity index is 1620. The van der Waals surface area contributed by atoms with Crippen LogP contribution in [0.15, 0.2) is 18.2 Å². The summed E-state index contributed by atoms with van der Waals surface area (Å²) in [5, 5.41) is 58.2. The SMILES string of the molecule is CCNC[C@]1(O)[C@H](C)O[C@@H](O[C@H]2[C@H](C)[C@@H](O[C@@H]3O[C@H](C)C[C@H](NC)[C@H]3Oc3ccc(OC)c(OC)c3)[C@](C)(O)C[C@@H](C)CN[C@H](C)[C@@H](O)[C@](C)(O)[C@@H](CC)OC(=O)[C@@H]2C)C[C@@]1(C)OC. The van der Waals surface area contributed by atoms with E-state index in [-0.39, 0.29) is 43.9 Å². The van der Waals surface area contributed by atoms with Gasteiger partial charge >= 0.3 is 5.97 Å². The first-order chi connectivity index (χ1) is 30.0. The molecule has 3 heterocycles. The topological polar surface area (TPSA) is 217 Å². The molecule has 0 aromatic heterocycles. The lowest BCUT2D eigenvalue weighted by Crippen LogP contribution is -2.70. The Labute approximate surface area is 381 Å². The van der Waals surface area contributed by atoms with Crippen LogP contribution in [0.4, 0.5) is 0 Å². The molecule has 0 bridgehead atoms. The highest BCUT2D eigenvalue weighted by Gasteiger charge is 2.58. The second kappa shape index (κ2) is 22.6. The number of esters is 1. The molecule has 3 aliphatic heterocycles. The van der Waals surface area contributed by atoms with Gasteiger partial charge in [-0.25, -0.2) is 0 Å². The van der Waals surface area contributed by atoms with Gasteiger partial charge < -0.3 is 79.0 Å². The van der Waals surface area contributed by atoms with Gasteiger partial charge in [-0.1, -0.05) is 27.7 Å². The first-order valence-electron chi connectivity index (χ1n) is 23.2. The molecule has 4 rings (SSSR count).